The summed E-state index contributed by atoms with van der Waals surface area (Å²) in [6.07, 6.45) is -0.0456. The molecule has 3 unspecified atom stereocenters. The summed E-state index contributed by atoms with van der Waals surface area (Å²) < 4.78 is 56.2. The molecule has 2 saturated heterocycles. The van der Waals surface area contributed by atoms with Crippen molar-refractivity contribution in [1.82, 2.24) is 10.0 Å². The molecular weight excluding hydrogens is 506 g/mol. The number of para-hydroxylation sites is 1. The summed E-state index contributed by atoms with van der Waals surface area (Å²) >= 11 is 0. The van der Waals surface area contributed by atoms with Crippen LogP contribution in [0.15, 0.2) is 94.7 Å². The molecule has 0 spiro atoms. The Bertz CT molecular complexity index is 1540. The van der Waals surface area contributed by atoms with E-state index < -0.39 is 47.2 Å². The molecule has 2 aliphatic rings. The molecule has 3 aromatic rings. The molecule has 3 atom stereocenters. The van der Waals surface area contributed by atoms with Crippen LogP contribution in [0.25, 0.3) is 0 Å². The van der Waals surface area contributed by atoms with E-state index in [1.807, 2.05) is 0 Å². The van der Waals surface area contributed by atoms with Gasteiger partial charge in [0.15, 0.2) is 15.2 Å². The molecule has 1 amide bonds. The van der Waals surface area contributed by atoms with Crippen LogP contribution >= 0.6 is 0 Å². The lowest BCUT2D eigenvalue weighted by Crippen LogP contribution is -2.47. The van der Waals surface area contributed by atoms with E-state index in [0.717, 1.165) is 5.01 Å². The molecule has 0 aromatic heterocycles. The molecule has 186 valence electrons. The Morgan fingerprint density at radius 1 is 0.778 bits per heavy atom. The minimum atomic E-state index is -4.43. The van der Waals surface area contributed by atoms with E-state index in [4.69, 9.17) is 0 Å². The number of benzene rings is 3. The quantitative estimate of drug-likeness (QED) is 0.353. The van der Waals surface area contributed by atoms with Gasteiger partial charge in [-0.3, -0.25) is 19.9 Å². The van der Waals surface area contributed by atoms with Crippen molar-refractivity contribution in [3.63, 3.8) is 0 Å². The summed E-state index contributed by atoms with van der Waals surface area (Å²) in [5.74, 6) is -0.561. The van der Waals surface area contributed by atoms with Crippen LogP contribution in [0.5, 0.6) is 0 Å². The van der Waals surface area contributed by atoms with E-state index in [-0.39, 0.29) is 34.0 Å². The van der Waals surface area contributed by atoms with Gasteiger partial charge >= 0.3 is 0 Å². The fourth-order valence-electron chi connectivity index (χ4n) is 4.99. The van der Waals surface area contributed by atoms with E-state index in [1.165, 1.54) is 77.8 Å². The topological polar surface area (TPSA) is 135 Å². The number of nitrogens with zero attached hydrogens (tertiary/aromatic N) is 3. The molecule has 0 N–H and O–H groups in total. The summed E-state index contributed by atoms with van der Waals surface area (Å²) in [6.45, 7) is 0.0250. The number of hydrazine groups is 1. The molecule has 0 radical (unpaired) electrons. The number of nitro benzene ring substituents is 1. The molecular formula is C24H21N3O7S2. The second-order valence-electron chi connectivity index (χ2n) is 8.48. The van der Waals surface area contributed by atoms with Crippen molar-refractivity contribution in [3.05, 3.63) is 101 Å². The van der Waals surface area contributed by atoms with Gasteiger partial charge in [-0.25, -0.2) is 21.8 Å². The highest BCUT2D eigenvalue weighted by molar-refractivity contribution is 7.96. The summed E-state index contributed by atoms with van der Waals surface area (Å²) in [6, 6.07) is 19.0. The van der Waals surface area contributed by atoms with Gasteiger partial charge in [-0.15, -0.1) is 0 Å². The average Bonchev–Trinajstić information content (AvgIpc) is 3.43. The first-order valence-corrected chi connectivity index (χ1v) is 14.1. The monoisotopic (exact) mass is 527 g/mol. The van der Waals surface area contributed by atoms with Crippen LogP contribution in [0.2, 0.25) is 0 Å². The summed E-state index contributed by atoms with van der Waals surface area (Å²) in [5.41, 5.74) is -0.328. The van der Waals surface area contributed by atoms with E-state index in [1.54, 1.807) is 12.1 Å². The van der Waals surface area contributed by atoms with Gasteiger partial charge in [-0.2, -0.15) is 0 Å². The SMILES string of the molecule is O=C1CCN2C(c3ccccc3[N+](=O)[O-])C(S(=O)(=O)c3ccccc3)C(S(=O)(=O)c3ccccc3)N12. The van der Waals surface area contributed by atoms with E-state index in [9.17, 15) is 31.7 Å². The summed E-state index contributed by atoms with van der Waals surface area (Å²) in [7, 11) is -8.85. The van der Waals surface area contributed by atoms with Gasteiger partial charge < -0.3 is 0 Å². The van der Waals surface area contributed by atoms with E-state index in [0.29, 0.717) is 0 Å². The molecule has 2 fully saturated rings. The largest absolute Gasteiger partial charge is 0.274 e. The fraction of sp³-hybridized carbons (Fsp3) is 0.208. The van der Waals surface area contributed by atoms with Crippen molar-refractivity contribution in [1.29, 1.82) is 0 Å². The molecule has 0 bridgehead atoms. The first-order chi connectivity index (χ1) is 17.2. The Hall–Kier alpha value is -3.61. The van der Waals surface area contributed by atoms with Crippen molar-refractivity contribution in [2.24, 2.45) is 0 Å². The number of hydrogen-bond acceptors (Lipinski definition) is 8. The summed E-state index contributed by atoms with van der Waals surface area (Å²) in [5, 5.41) is 10.7. The zero-order chi connectivity index (χ0) is 25.7. The van der Waals surface area contributed by atoms with Gasteiger partial charge in [0, 0.05) is 19.0 Å². The minimum absolute atomic E-state index is 0.0250. The Labute approximate surface area is 207 Å². The van der Waals surface area contributed by atoms with Crippen molar-refractivity contribution in [3.8, 4) is 0 Å². The third-order valence-electron chi connectivity index (χ3n) is 6.51. The van der Waals surface area contributed by atoms with Gasteiger partial charge in [0.1, 0.15) is 5.25 Å². The Kier molecular flexibility index (Phi) is 5.89. The zero-order valence-electron chi connectivity index (χ0n) is 18.7. The van der Waals surface area contributed by atoms with Crippen molar-refractivity contribution < 1.29 is 26.6 Å². The number of fused-ring (bicyclic) bond motifs is 1. The highest BCUT2D eigenvalue weighted by Gasteiger charge is 2.63. The Morgan fingerprint density at radius 2 is 1.31 bits per heavy atom. The average molecular weight is 528 g/mol. The maximum Gasteiger partial charge on any atom is 0.274 e. The third-order valence-corrected chi connectivity index (χ3v) is 10.9. The smallest absolute Gasteiger partial charge is 0.273 e. The van der Waals surface area contributed by atoms with Crippen LogP contribution < -0.4 is 0 Å². The Balaban J connectivity index is 1.81. The molecule has 2 heterocycles. The van der Waals surface area contributed by atoms with Crippen LogP contribution in [0.4, 0.5) is 5.69 Å². The molecule has 3 aromatic carbocycles. The number of carbonyl (C=O) groups excluding carboxylic acids is 1. The lowest BCUT2D eigenvalue weighted by molar-refractivity contribution is -0.386. The molecule has 2 aliphatic heterocycles. The maximum atomic E-state index is 14.1. The Morgan fingerprint density at radius 3 is 1.89 bits per heavy atom. The molecule has 0 aliphatic carbocycles. The lowest BCUT2D eigenvalue weighted by atomic mass is 10.0. The highest BCUT2D eigenvalue weighted by Crippen LogP contribution is 2.49. The van der Waals surface area contributed by atoms with Crippen LogP contribution in [0.3, 0.4) is 0 Å². The van der Waals surface area contributed by atoms with Gasteiger partial charge in [0.2, 0.25) is 15.7 Å². The first-order valence-electron chi connectivity index (χ1n) is 11.1. The van der Waals surface area contributed by atoms with Gasteiger partial charge in [-0.05, 0) is 24.3 Å². The van der Waals surface area contributed by atoms with Gasteiger partial charge in [0.25, 0.3) is 5.69 Å². The van der Waals surface area contributed by atoms with Crippen molar-refractivity contribution >= 4 is 31.3 Å². The van der Waals surface area contributed by atoms with Crippen LogP contribution in [-0.4, -0.2) is 54.9 Å². The highest BCUT2D eigenvalue weighted by atomic mass is 32.2. The predicted octanol–water partition coefficient (Wildman–Crippen LogP) is 2.74. The lowest BCUT2D eigenvalue weighted by Gasteiger charge is -2.26. The number of rotatable bonds is 6. The van der Waals surface area contributed by atoms with Crippen LogP contribution in [0, 0.1) is 10.1 Å². The van der Waals surface area contributed by atoms with E-state index in [2.05, 4.69) is 0 Å². The first kappa shape index (κ1) is 24.1. The molecule has 0 saturated carbocycles. The molecule has 5 rings (SSSR count). The van der Waals surface area contributed by atoms with Crippen LogP contribution in [-0.2, 0) is 24.5 Å². The van der Waals surface area contributed by atoms with Crippen molar-refractivity contribution in [2.45, 2.75) is 32.9 Å². The standard InChI is InChI=1S/C24H21N3O7S2/c28-21-15-16-25-22(19-13-7-8-14-20(19)27(29)30)23(35(31,32)17-9-3-1-4-10-17)24(26(21)25)36(33,34)18-11-5-2-6-12-18/h1-14,22-24H,15-16H2. The molecule has 12 heteroatoms. The number of nitro groups is 1. The second-order valence-corrected chi connectivity index (χ2v) is 12.6. The normalized spacial score (nSPS) is 22.5. The number of sulfone groups is 2. The molecule has 36 heavy (non-hydrogen) atoms. The van der Waals surface area contributed by atoms with Crippen molar-refractivity contribution in [2.75, 3.05) is 6.54 Å². The number of carbonyl (C=O) groups is 1. The zero-order valence-corrected chi connectivity index (χ0v) is 20.4. The van der Waals surface area contributed by atoms with Gasteiger partial charge in [-0.1, -0.05) is 54.6 Å². The second kappa shape index (κ2) is 8.80. The summed E-state index contributed by atoms with van der Waals surface area (Å²) in [4.78, 5) is 24.0. The van der Waals surface area contributed by atoms with E-state index >= 15 is 0 Å². The number of hydrogen-bond donors (Lipinski definition) is 0. The maximum absolute atomic E-state index is 14.1. The minimum Gasteiger partial charge on any atom is -0.273 e. The van der Waals surface area contributed by atoms with Gasteiger partial charge in [0.05, 0.1) is 26.3 Å². The predicted molar refractivity (Wildman–Crippen MR) is 129 cm³/mol. The third kappa shape index (κ3) is 3.69. The number of amides is 1. The molecule has 10 nitrogen and oxygen atoms in total. The fourth-order valence-corrected chi connectivity index (χ4v) is 9.59. The van der Waals surface area contributed by atoms with Crippen LogP contribution in [0.1, 0.15) is 18.0 Å².